The van der Waals surface area contributed by atoms with E-state index in [1.54, 1.807) is 12.1 Å². The molecule has 0 N–H and O–H groups in total. The van der Waals surface area contributed by atoms with Crippen molar-refractivity contribution in [3.8, 4) is 0 Å². The molecule has 0 unspecified atom stereocenters. The Kier molecular flexibility index (Phi) is 5.06. The first-order chi connectivity index (χ1) is 9.66. The topological polar surface area (TPSA) is 18.5 Å². The molecular formula is C15H19BCl2O2S. The fraction of sp³-hybridized carbons (Fsp3) is 0.467. The smallest absolute Gasteiger partial charge is 0.400 e. The van der Waals surface area contributed by atoms with E-state index in [1.807, 2.05) is 39.8 Å². The van der Waals surface area contributed by atoms with Gasteiger partial charge in [0.05, 0.1) is 11.2 Å². The van der Waals surface area contributed by atoms with Crippen molar-refractivity contribution >= 4 is 49.0 Å². The van der Waals surface area contributed by atoms with Crippen LogP contribution in [0.5, 0.6) is 0 Å². The molecule has 21 heavy (non-hydrogen) atoms. The van der Waals surface area contributed by atoms with E-state index in [4.69, 9.17) is 32.5 Å². The van der Waals surface area contributed by atoms with E-state index in [0.717, 1.165) is 11.0 Å². The summed E-state index contributed by atoms with van der Waals surface area (Å²) in [5.41, 5.74) is 0.999. The molecule has 1 fully saturated rings. The second kappa shape index (κ2) is 6.17. The first-order valence-electron chi connectivity index (χ1n) is 6.78. The van der Waals surface area contributed by atoms with Gasteiger partial charge < -0.3 is 9.31 Å². The molecule has 1 aliphatic rings. The van der Waals surface area contributed by atoms with Crippen molar-refractivity contribution in [2.45, 2.75) is 38.9 Å². The summed E-state index contributed by atoms with van der Waals surface area (Å²) in [5.74, 6) is 0.514. The number of halogens is 2. The quantitative estimate of drug-likeness (QED) is 0.618. The van der Waals surface area contributed by atoms with Crippen LogP contribution in [0.4, 0.5) is 0 Å². The molecule has 2 rings (SSSR count). The third kappa shape index (κ3) is 3.62. The van der Waals surface area contributed by atoms with Crippen LogP contribution in [0.25, 0.3) is 6.08 Å². The van der Waals surface area contributed by atoms with Crippen LogP contribution in [-0.4, -0.2) is 24.1 Å². The summed E-state index contributed by atoms with van der Waals surface area (Å²) in [6.07, 6.45) is 1.93. The Morgan fingerprint density at radius 2 is 1.76 bits per heavy atom. The number of rotatable bonds is 3. The van der Waals surface area contributed by atoms with Crippen molar-refractivity contribution in [2.75, 3.05) is 5.75 Å². The van der Waals surface area contributed by atoms with Crippen LogP contribution in [0.15, 0.2) is 23.7 Å². The molecule has 0 saturated carbocycles. The van der Waals surface area contributed by atoms with Crippen LogP contribution in [0.3, 0.4) is 0 Å². The maximum absolute atomic E-state index is 6.21. The summed E-state index contributed by atoms with van der Waals surface area (Å²) >= 11 is 16.6. The van der Waals surface area contributed by atoms with E-state index in [0.29, 0.717) is 15.8 Å². The van der Waals surface area contributed by atoms with E-state index in [1.165, 1.54) is 0 Å². The van der Waals surface area contributed by atoms with E-state index in [2.05, 4.69) is 12.6 Å². The highest BCUT2D eigenvalue weighted by atomic mass is 35.5. The van der Waals surface area contributed by atoms with Crippen molar-refractivity contribution < 1.29 is 9.31 Å². The number of thiol groups is 1. The zero-order valence-electron chi connectivity index (χ0n) is 12.6. The zero-order valence-corrected chi connectivity index (χ0v) is 15.0. The number of hydrogen-bond acceptors (Lipinski definition) is 3. The Morgan fingerprint density at radius 3 is 2.29 bits per heavy atom. The maximum Gasteiger partial charge on any atom is 0.491 e. The molecule has 0 bridgehead atoms. The van der Waals surface area contributed by atoms with Gasteiger partial charge in [-0.15, -0.1) is 0 Å². The Hall–Kier alpha value is -0.125. The van der Waals surface area contributed by atoms with Crippen molar-refractivity contribution in [3.05, 3.63) is 39.3 Å². The van der Waals surface area contributed by atoms with Gasteiger partial charge in [0.2, 0.25) is 0 Å². The first-order valence-corrected chi connectivity index (χ1v) is 8.17. The summed E-state index contributed by atoms with van der Waals surface area (Å²) in [6.45, 7) is 8.09. The molecule has 0 radical (unpaired) electrons. The number of hydrogen-bond donors (Lipinski definition) is 1. The minimum atomic E-state index is -0.428. The summed E-state index contributed by atoms with van der Waals surface area (Å²) in [6, 6.07) is 5.35. The molecule has 1 aliphatic heterocycles. The van der Waals surface area contributed by atoms with E-state index in [-0.39, 0.29) is 11.2 Å². The van der Waals surface area contributed by atoms with Crippen LogP contribution in [0.2, 0.25) is 10.0 Å². The molecule has 0 spiro atoms. The Morgan fingerprint density at radius 1 is 1.19 bits per heavy atom. The molecule has 114 valence electrons. The lowest BCUT2D eigenvalue weighted by Gasteiger charge is -2.32. The molecule has 0 aliphatic carbocycles. The van der Waals surface area contributed by atoms with Gasteiger partial charge in [-0.3, -0.25) is 0 Å². The predicted octanol–water partition coefficient (Wildman–Crippen LogP) is 4.94. The molecule has 1 saturated heterocycles. The van der Waals surface area contributed by atoms with Crippen molar-refractivity contribution in [3.63, 3.8) is 0 Å². The molecule has 2 nitrogen and oxygen atoms in total. The van der Waals surface area contributed by atoms with E-state index >= 15 is 0 Å². The highest BCUT2D eigenvalue weighted by molar-refractivity contribution is 7.80. The minimum Gasteiger partial charge on any atom is -0.400 e. The molecule has 0 aromatic heterocycles. The molecule has 1 aromatic carbocycles. The van der Waals surface area contributed by atoms with Gasteiger partial charge >= 0.3 is 7.12 Å². The normalized spacial score (nSPS) is 20.9. The Labute approximate surface area is 142 Å². The largest absolute Gasteiger partial charge is 0.491 e. The lowest BCUT2D eigenvalue weighted by atomic mass is 9.78. The fourth-order valence-corrected chi connectivity index (χ4v) is 2.60. The van der Waals surface area contributed by atoms with Gasteiger partial charge in [-0.25, -0.2) is 0 Å². The second-order valence-corrected chi connectivity index (χ2v) is 7.29. The second-order valence-electron chi connectivity index (χ2n) is 6.13. The van der Waals surface area contributed by atoms with Gasteiger partial charge in [0, 0.05) is 15.8 Å². The molecular weight excluding hydrogens is 326 g/mol. The average Bonchev–Trinajstić information content (AvgIpc) is 2.59. The SMILES string of the molecule is CC1(C)OB(C(=Cc2cc(Cl)ccc2Cl)CS)OC1(C)C. The lowest BCUT2D eigenvalue weighted by Crippen LogP contribution is -2.41. The zero-order chi connectivity index (χ0) is 15.8. The summed E-state index contributed by atoms with van der Waals surface area (Å²) in [7, 11) is -0.428. The first kappa shape index (κ1) is 17.2. The summed E-state index contributed by atoms with van der Waals surface area (Å²) in [4.78, 5) is 0. The molecule has 0 atom stereocenters. The Balaban J connectivity index is 2.33. The van der Waals surface area contributed by atoms with Gasteiger partial charge in [0.15, 0.2) is 0 Å². The van der Waals surface area contributed by atoms with E-state index < -0.39 is 7.12 Å². The highest BCUT2D eigenvalue weighted by Gasteiger charge is 2.52. The molecule has 1 heterocycles. The van der Waals surface area contributed by atoms with Gasteiger partial charge in [0.1, 0.15) is 0 Å². The standard InChI is InChI=1S/C15H19BCl2O2S/c1-14(2)15(3,4)20-16(19-14)11(9-21)7-10-8-12(17)5-6-13(10)18/h5-8,21H,9H2,1-4H3. The van der Waals surface area contributed by atoms with Crippen molar-refractivity contribution in [1.29, 1.82) is 0 Å². The minimum absolute atomic E-state index is 0.377. The van der Waals surface area contributed by atoms with Crippen molar-refractivity contribution in [1.82, 2.24) is 0 Å². The number of benzene rings is 1. The molecule has 6 heteroatoms. The van der Waals surface area contributed by atoms with Crippen LogP contribution < -0.4 is 0 Å². The van der Waals surface area contributed by atoms with Crippen LogP contribution in [0.1, 0.15) is 33.3 Å². The monoisotopic (exact) mass is 344 g/mol. The van der Waals surface area contributed by atoms with E-state index in [9.17, 15) is 0 Å². The summed E-state index contributed by atoms with van der Waals surface area (Å²) in [5, 5.41) is 1.27. The third-order valence-corrected chi connectivity index (χ3v) is 4.98. The fourth-order valence-electron chi connectivity index (χ4n) is 2.01. The average molecular weight is 345 g/mol. The highest BCUT2D eigenvalue weighted by Crippen LogP contribution is 2.39. The van der Waals surface area contributed by atoms with Crippen LogP contribution >= 0.6 is 35.8 Å². The van der Waals surface area contributed by atoms with Gasteiger partial charge in [0.25, 0.3) is 0 Å². The Bertz CT molecular complexity index is 557. The lowest BCUT2D eigenvalue weighted by molar-refractivity contribution is 0.00578. The van der Waals surface area contributed by atoms with Gasteiger partial charge in [-0.2, -0.15) is 12.6 Å². The van der Waals surface area contributed by atoms with Crippen LogP contribution in [-0.2, 0) is 9.31 Å². The van der Waals surface area contributed by atoms with Gasteiger partial charge in [-0.1, -0.05) is 29.3 Å². The predicted molar refractivity (Wildman–Crippen MR) is 94.4 cm³/mol. The van der Waals surface area contributed by atoms with Crippen LogP contribution in [0, 0.1) is 0 Å². The maximum atomic E-state index is 6.21. The van der Waals surface area contributed by atoms with Gasteiger partial charge in [-0.05, 0) is 56.9 Å². The summed E-state index contributed by atoms with van der Waals surface area (Å²) < 4.78 is 12.1. The van der Waals surface area contributed by atoms with Crippen molar-refractivity contribution in [2.24, 2.45) is 0 Å². The molecule has 1 aromatic rings. The molecule has 0 amide bonds. The third-order valence-electron chi connectivity index (χ3n) is 4.04.